The van der Waals surface area contributed by atoms with Crippen LogP contribution in [0, 0.1) is 0 Å². The van der Waals surface area contributed by atoms with E-state index in [1.165, 1.54) is 64.2 Å². The Morgan fingerprint density at radius 1 is 0.677 bits per heavy atom. The zero-order valence-corrected chi connectivity index (χ0v) is 23.4. The normalized spacial score (nSPS) is 11.6. The zero-order valence-electron chi connectivity index (χ0n) is 20.1. The van der Waals surface area contributed by atoms with Gasteiger partial charge in [0.05, 0.1) is 0 Å². The predicted molar refractivity (Wildman–Crippen MR) is 142 cm³/mol. The molecule has 0 rings (SSSR count). The molecular weight excluding hydrogens is 469 g/mol. The second-order valence-corrected chi connectivity index (χ2v) is 17.9. The van der Waals surface area contributed by atoms with Crippen molar-refractivity contribution in [3.8, 4) is 0 Å². The van der Waals surface area contributed by atoms with Gasteiger partial charge in [-0.1, -0.05) is 78.1 Å². The first-order valence-corrected chi connectivity index (χ1v) is 17.9. The third kappa shape index (κ3) is 23.3. The third-order valence-electron chi connectivity index (χ3n) is 5.47. The van der Waals surface area contributed by atoms with Crippen molar-refractivity contribution in [1.82, 2.24) is 15.5 Å². The minimum atomic E-state index is -2.49. The van der Waals surface area contributed by atoms with Gasteiger partial charge in [-0.25, -0.2) is 4.79 Å². The van der Waals surface area contributed by atoms with Gasteiger partial charge in [0, 0.05) is 19.6 Å². The van der Waals surface area contributed by atoms with Gasteiger partial charge < -0.3 is 15.5 Å². The van der Waals surface area contributed by atoms with Gasteiger partial charge in [-0.05, 0) is 44.8 Å². The average Bonchev–Trinajstić information content (AvgIpc) is 2.72. The molecule has 0 heterocycles. The van der Waals surface area contributed by atoms with Crippen molar-refractivity contribution in [3.63, 3.8) is 0 Å². The van der Waals surface area contributed by atoms with E-state index in [0.717, 1.165) is 51.9 Å². The molecule has 0 bridgehead atoms. The number of nitrogens with one attached hydrogen (secondary N) is 2. The van der Waals surface area contributed by atoms with E-state index in [4.69, 9.17) is 33.2 Å². The van der Waals surface area contributed by atoms with Crippen molar-refractivity contribution in [2.24, 2.45) is 0 Å². The summed E-state index contributed by atoms with van der Waals surface area (Å²) in [4.78, 5) is 14.7. The first kappa shape index (κ1) is 31.3. The zero-order chi connectivity index (χ0) is 23.2. The molecule has 0 atom stereocenters. The molecule has 0 aromatic rings. The fraction of sp³-hybridized carbons (Fsp3) is 0.957. The maximum Gasteiger partial charge on any atom is 0.341 e. The highest BCUT2D eigenvalue weighted by atomic mass is 35.8. The Kier molecular flexibility index (Phi) is 22.4. The van der Waals surface area contributed by atoms with Gasteiger partial charge in [-0.2, -0.15) is 0 Å². The smallest absolute Gasteiger partial charge is 0.338 e. The summed E-state index contributed by atoms with van der Waals surface area (Å²) in [5.74, 6) is 0. The van der Waals surface area contributed by atoms with Gasteiger partial charge >= 0.3 is 12.0 Å². The lowest BCUT2D eigenvalue weighted by atomic mass is 10.1. The van der Waals surface area contributed by atoms with Crippen LogP contribution in [-0.4, -0.2) is 49.7 Å². The summed E-state index contributed by atoms with van der Waals surface area (Å²) < 4.78 is 0. The molecule has 0 aliphatic heterocycles. The standard InChI is InChI=1S/C23H48Cl3N3OSi/c1-3-5-7-9-11-13-20-29(21-14-12-10-8-6-4-2)23(30)28-19-15-17-27-18-16-22-31(24,25)26/h27H,3-22H2,1-2H3,(H,28,30). The van der Waals surface area contributed by atoms with Crippen molar-refractivity contribution in [2.75, 3.05) is 32.7 Å². The topological polar surface area (TPSA) is 44.4 Å². The Labute approximate surface area is 207 Å². The summed E-state index contributed by atoms with van der Waals surface area (Å²) in [5.41, 5.74) is 0. The fourth-order valence-corrected chi connectivity index (χ4v) is 5.32. The monoisotopic (exact) mass is 515 g/mol. The number of halogens is 3. The Hall–Kier alpha value is 0.317. The molecule has 2 amide bonds. The summed E-state index contributed by atoms with van der Waals surface area (Å²) >= 11 is 17.7. The molecule has 0 aliphatic rings. The molecule has 0 aliphatic carbocycles. The molecule has 0 saturated heterocycles. The van der Waals surface area contributed by atoms with Crippen LogP contribution in [-0.2, 0) is 0 Å². The number of rotatable bonds is 22. The Balaban J connectivity index is 4.02. The van der Waals surface area contributed by atoms with Gasteiger partial charge in [0.15, 0.2) is 0 Å². The van der Waals surface area contributed by atoms with Gasteiger partial charge in [-0.3, -0.25) is 0 Å². The highest BCUT2D eigenvalue weighted by Gasteiger charge is 2.23. The van der Waals surface area contributed by atoms with Crippen LogP contribution in [0.25, 0.3) is 0 Å². The molecule has 186 valence electrons. The van der Waals surface area contributed by atoms with Gasteiger partial charge in [-0.15, -0.1) is 33.2 Å². The second-order valence-electron chi connectivity index (χ2n) is 8.58. The maximum absolute atomic E-state index is 12.7. The minimum Gasteiger partial charge on any atom is -0.338 e. The molecule has 0 radical (unpaired) electrons. The molecule has 4 nitrogen and oxygen atoms in total. The van der Waals surface area contributed by atoms with Crippen molar-refractivity contribution in [3.05, 3.63) is 0 Å². The van der Waals surface area contributed by atoms with E-state index in [2.05, 4.69) is 24.5 Å². The number of nitrogens with zero attached hydrogens (tertiary/aromatic N) is 1. The van der Waals surface area contributed by atoms with Crippen LogP contribution >= 0.6 is 33.2 Å². The van der Waals surface area contributed by atoms with Gasteiger partial charge in [0.1, 0.15) is 0 Å². The summed E-state index contributed by atoms with van der Waals surface area (Å²) in [5, 5.41) is 6.47. The highest BCUT2D eigenvalue weighted by Crippen LogP contribution is 2.25. The first-order valence-electron chi connectivity index (χ1n) is 12.7. The fourth-order valence-electron chi connectivity index (χ4n) is 3.54. The Morgan fingerprint density at radius 3 is 1.68 bits per heavy atom. The third-order valence-corrected chi connectivity index (χ3v) is 8.09. The number of carbonyl (C=O) groups is 1. The molecule has 0 saturated carbocycles. The van der Waals surface area contributed by atoms with Crippen molar-refractivity contribution in [2.45, 2.75) is 110 Å². The summed E-state index contributed by atoms with van der Waals surface area (Å²) in [6.45, 7) is 8.68. The number of carbonyl (C=O) groups excluding carboxylic acids is 1. The largest absolute Gasteiger partial charge is 0.341 e. The van der Waals surface area contributed by atoms with Crippen LogP contribution in [0.5, 0.6) is 0 Å². The van der Waals surface area contributed by atoms with Crippen LogP contribution in [0.2, 0.25) is 6.04 Å². The molecule has 0 unspecified atom stereocenters. The molecule has 31 heavy (non-hydrogen) atoms. The van der Waals surface area contributed by atoms with E-state index >= 15 is 0 Å². The number of amides is 2. The molecule has 8 heteroatoms. The van der Waals surface area contributed by atoms with Crippen LogP contribution in [0.3, 0.4) is 0 Å². The highest BCUT2D eigenvalue weighted by molar-refractivity contribution is 7.64. The number of unbranched alkanes of at least 4 members (excludes halogenated alkanes) is 10. The van der Waals surface area contributed by atoms with Crippen molar-refractivity contribution >= 4 is 45.3 Å². The van der Waals surface area contributed by atoms with E-state index in [-0.39, 0.29) is 6.03 Å². The van der Waals surface area contributed by atoms with Gasteiger partial charge in [0.25, 0.3) is 0 Å². The maximum atomic E-state index is 12.7. The lowest BCUT2D eigenvalue weighted by Gasteiger charge is -2.23. The Morgan fingerprint density at radius 2 is 1.16 bits per heavy atom. The second kappa shape index (κ2) is 22.1. The summed E-state index contributed by atoms with van der Waals surface area (Å²) in [6.07, 6.45) is 16.9. The Bertz CT molecular complexity index is 396. The lowest BCUT2D eigenvalue weighted by Crippen LogP contribution is -2.42. The molecule has 0 aromatic carbocycles. The first-order chi connectivity index (χ1) is 14.9. The van der Waals surface area contributed by atoms with E-state index in [0.29, 0.717) is 12.6 Å². The van der Waals surface area contributed by atoms with E-state index in [1.54, 1.807) is 0 Å². The molecule has 0 aromatic heterocycles. The quantitative estimate of drug-likeness (QED) is 0.0877. The SMILES string of the molecule is CCCCCCCCN(CCCCCCCC)C(=O)NCCCNCCC[Si](Cl)(Cl)Cl. The van der Waals surface area contributed by atoms with E-state index in [9.17, 15) is 4.79 Å². The van der Waals surface area contributed by atoms with Crippen LogP contribution in [0.15, 0.2) is 0 Å². The van der Waals surface area contributed by atoms with Crippen LogP contribution in [0.4, 0.5) is 4.79 Å². The number of hydrogen-bond acceptors (Lipinski definition) is 2. The van der Waals surface area contributed by atoms with Crippen molar-refractivity contribution in [1.29, 1.82) is 0 Å². The molecule has 0 fully saturated rings. The lowest BCUT2D eigenvalue weighted by molar-refractivity contribution is 0.195. The average molecular weight is 517 g/mol. The van der Waals surface area contributed by atoms with Crippen LogP contribution in [0.1, 0.15) is 104 Å². The molecule has 0 spiro atoms. The van der Waals surface area contributed by atoms with Crippen LogP contribution < -0.4 is 10.6 Å². The predicted octanol–water partition coefficient (Wildman–Crippen LogP) is 7.74. The van der Waals surface area contributed by atoms with E-state index < -0.39 is 6.00 Å². The van der Waals surface area contributed by atoms with Crippen molar-refractivity contribution < 1.29 is 4.79 Å². The minimum absolute atomic E-state index is 0.101. The summed E-state index contributed by atoms with van der Waals surface area (Å²) in [6, 6.07) is -1.70. The molecular formula is C23H48Cl3N3OSi. The van der Waals surface area contributed by atoms with E-state index in [1.807, 2.05) is 4.90 Å². The molecule has 2 N–H and O–H groups in total. The van der Waals surface area contributed by atoms with Gasteiger partial charge in [0.2, 0.25) is 0 Å². The number of urea groups is 1. The summed E-state index contributed by atoms with van der Waals surface area (Å²) in [7, 11) is 0. The number of hydrogen-bond donors (Lipinski definition) is 2.